The summed E-state index contributed by atoms with van der Waals surface area (Å²) in [6, 6.07) is 6.16. The molecule has 0 aliphatic carbocycles. The number of hydrogen-bond acceptors (Lipinski definition) is 2. The van der Waals surface area contributed by atoms with E-state index in [2.05, 4.69) is 24.0 Å². The van der Waals surface area contributed by atoms with E-state index in [1.165, 1.54) is 24.9 Å². The van der Waals surface area contributed by atoms with E-state index in [9.17, 15) is 4.79 Å². The molecule has 1 heterocycles. The summed E-state index contributed by atoms with van der Waals surface area (Å²) in [5, 5.41) is 0. The SMILES string of the molecule is CCC1CCCN(c2ccc(C=O)c(C)c2)C1. The lowest BCUT2D eigenvalue weighted by molar-refractivity contribution is 0.112. The third kappa shape index (κ3) is 2.68. The Morgan fingerprint density at radius 2 is 2.29 bits per heavy atom. The Labute approximate surface area is 104 Å². The molecule has 0 radical (unpaired) electrons. The Morgan fingerprint density at radius 3 is 2.94 bits per heavy atom. The molecule has 2 rings (SSSR count). The van der Waals surface area contributed by atoms with Crippen LogP contribution >= 0.6 is 0 Å². The lowest BCUT2D eigenvalue weighted by Gasteiger charge is -2.34. The topological polar surface area (TPSA) is 20.3 Å². The van der Waals surface area contributed by atoms with Crippen LogP contribution in [-0.4, -0.2) is 19.4 Å². The van der Waals surface area contributed by atoms with Gasteiger partial charge in [0.05, 0.1) is 0 Å². The highest BCUT2D eigenvalue weighted by Gasteiger charge is 2.18. The van der Waals surface area contributed by atoms with Gasteiger partial charge in [-0.1, -0.05) is 13.3 Å². The zero-order valence-electron chi connectivity index (χ0n) is 10.8. The van der Waals surface area contributed by atoms with Crippen molar-refractivity contribution in [3.8, 4) is 0 Å². The Bertz CT molecular complexity index is 400. The Kier molecular flexibility index (Phi) is 3.82. The van der Waals surface area contributed by atoms with Crippen LogP contribution in [0.1, 0.15) is 42.1 Å². The fraction of sp³-hybridized carbons (Fsp3) is 0.533. The van der Waals surface area contributed by atoms with E-state index in [1.807, 2.05) is 13.0 Å². The van der Waals surface area contributed by atoms with Crippen molar-refractivity contribution < 1.29 is 4.79 Å². The molecule has 0 amide bonds. The molecule has 1 aromatic carbocycles. The predicted molar refractivity (Wildman–Crippen MR) is 71.8 cm³/mol. The first kappa shape index (κ1) is 12.2. The molecule has 2 heteroatoms. The van der Waals surface area contributed by atoms with Gasteiger partial charge in [-0.3, -0.25) is 4.79 Å². The minimum atomic E-state index is 0.804. The third-order valence-electron chi connectivity index (χ3n) is 3.84. The van der Waals surface area contributed by atoms with Gasteiger partial charge in [0, 0.05) is 24.3 Å². The molecule has 0 spiro atoms. The van der Waals surface area contributed by atoms with Gasteiger partial charge in [-0.25, -0.2) is 0 Å². The molecule has 0 bridgehead atoms. The molecule has 1 aliphatic heterocycles. The van der Waals surface area contributed by atoms with Gasteiger partial charge in [-0.2, -0.15) is 0 Å². The van der Waals surface area contributed by atoms with Gasteiger partial charge >= 0.3 is 0 Å². The van der Waals surface area contributed by atoms with Crippen molar-refractivity contribution in [3.63, 3.8) is 0 Å². The van der Waals surface area contributed by atoms with Crippen LogP contribution in [0, 0.1) is 12.8 Å². The van der Waals surface area contributed by atoms with Crippen LogP contribution in [-0.2, 0) is 0 Å². The number of anilines is 1. The number of nitrogens with zero attached hydrogens (tertiary/aromatic N) is 1. The lowest BCUT2D eigenvalue weighted by Crippen LogP contribution is -2.35. The number of aldehydes is 1. The average Bonchev–Trinajstić information content (AvgIpc) is 2.38. The van der Waals surface area contributed by atoms with E-state index in [1.54, 1.807) is 0 Å². The number of piperidine rings is 1. The fourth-order valence-corrected chi connectivity index (χ4v) is 2.62. The molecule has 1 aliphatic rings. The van der Waals surface area contributed by atoms with Gasteiger partial charge in [0.2, 0.25) is 0 Å². The largest absolute Gasteiger partial charge is 0.371 e. The van der Waals surface area contributed by atoms with Crippen molar-refractivity contribution in [2.45, 2.75) is 33.1 Å². The van der Waals surface area contributed by atoms with E-state index in [4.69, 9.17) is 0 Å². The van der Waals surface area contributed by atoms with E-state index >= 15 is 0 Å². The molecular weight excluding hydrogens is 210 g/mol. The molecule has 0 aromatic heterocycles. The monoisotopic (exact) mass is 231 g/mol. The maximum atomic E-state index is 10.8. The second-order valence-corrected chi connectivity index (χ2v) is 5.02. The van der Waals surface area contributed by atoms with Crippen LogP contribution in [0.2, 0.25) is 0 Å². The van der Waals surface area contributed by atoms with Crippen LogP contribution in [0.25, 0.3) is 0 Å². The van der Waals surface area contributed by atoms with Gasteiger partial charge in [-0.15, -0.1) is 0 Å². The summed E-state index contributed by atoms with van der Waals surface area (Å²) >= 11 is 0. The van der Waals surface area contributed by atoms with Crippen molar-refractivity contribution in [1.82, 2.24) is 0 Å². The molecular formula is C15H21NO. The van der Waals surface area contributed by atoms with Crippen molar-refractivity contribution in [3.05, 3.63) is 29.3 Å². The highest BCUT2D eigenvalue weighted by molar-refractivity contribution is 5.78. The van der Waals surface area contributed by atoms with E-state index in [-0.39, 0.29) is 0 Å². The number of carbonyl (C=O) groups excluding carboxylic acids is 1. The van der Waals surface area contributed by atoms with Crippen LogP contribution in [0.15, 0.2) is 18.2 Å². The summed E-state index contributed by atoms with van der Waals surface area (Å²) in [6.45, 7) is 6.59. The van der Waals surface area contributed by atoms with Crippen molar-refractivity contribution in [2.24, 2.45) is 5.92 Å². The molecule has 1 unspecified atom stereocenters. The zero-order valence-corrected chi connectivity index (χ0v) is 10.8. The average molecular weight is 231 g/mol. The Morgan fingerprint density at radius 1 is 1.47 bits per heavy atom. The quantitative estimate of drug-likeness (QED) is 0.743. The van der Waals surface area contributed by atoms with Gasteiger partial charge in [-0.05, 0) is 49.4 Å². The maximum Gasteiger partial charge on any atom is 0.150 e. The lowest BCUT2D eigenvalue weighted by atomic mass is 9.95. The van der Waals surface area contributed by atoms with Crippen LogP contribution in [0.4, 0.5) is 5.69 Å². The zero-order chi connectivity index (χ0) is 12.3. The molecule has 17 heavy (non-hydrogen) atoms. The summed E-state index contributed by atoms with van der Waals surface area (Å²) in [5.74, 6) is 0.829. The van der Waals surface area contributed by atoms with E-state index in [0.717, 1.165) is 36.4 Å². The summed E-state index contributed by atoms with van der Waals surface area (Å²) in [6.07, 6.45) is 4.84. The highest BCUT2D eigenvalue weighted by Crippen LogP contribution is 2.26. The smallest absolute Gasteiger partial charge is 0.150 e. The number of aryl methyl sites for hydroxylation is 1. The van der Waals surface area contributed by atoms with Crippen molar-refractivity contribution in [2.75, 3.05) is 18.0 Å². The number of benzene rings is 1. The van der Waals surface area contributed by atoms with Crippen molar-refractivity contribution >= 4 is 12.0 Å². The number of hydrogen-bond donors (Lipinski definition) is 0. The molecule has 1 aromatic rings. The molecule has 1 fully saturated rings. The third-order valence-corrected chi connectivity index (χ3v) is 3.84. The Hall–Kier alpha value is -1.31. The van der Waals surface area contributed by atoms with Gasteiger partial charge in [0.1, 0.15) is 6.29 Å². The van der Waals surface area contributed by atoms with E-state index < -0.39 is 0 Å². The Balaban J connectivity index is 2.16. The van der Waals surface area contributed by atoms with Gasteiger partial charge in [0.25, 0.3) is 0 Å². The normalized spacial score (nSPS) is 20.4. The number of rotatable bonds is 3. The summed E-state index contributed by atoms with van der Waals surface area (Å²) in [5.41, 5.74) is 3.15. The standard InChI is InChI=1S/C15H21NO/c1-3-13-5-4-8-16(10-13)15-7-6-14(11-17)12(2)9-15/h6-7,9,11,13H,3-5,8,10H2,1-2H3. The maximum absolute atomic E-state index is 10.8. The minimum absolute atomic E-state index is 0.804. The summed E-state index contributed by atoms with van der Waals surface area (Å²) in [7, 11) is 0. The summed E-state index contributed by atoms with van der Waals surface area (Å²) in [4.78, 5) is 13.3. The highest BCUT2D eigenvalue weighted by atomic mass is 16.1. The molecule has 92 valence electrons. The first-order valence-corrected chi connectivity index (χ1v) is 6.55. The minimum Gasteiger partial charge on any atom is -0.371 e. The predicted octanol–water partition coefficient (Wildman–Crippen LogP) is 3.43. The number of carbonyl (C=O) groups is 1. The molecule has 0 N–H and O–H groups in total. The molecule has 2 nitrogen and oxygen atoms in total. The van der Waals surface area contributed by atoms with Crippen LogP contribution < -0.4 is 4.90 Å². The molecule has 1 atom stereocenters. The first-order chi connectivity index (χ1) is 8.24. The summed E-state index contributed by atoms with van der Waals surface area (Å²) < 4.78 is 0. The first-order valence-electron chi connectivity index (χ1n) is 6.55. The molecule has 1 saturated heterocycles. The van der Waals surface area contributed by atoms with E-state index in [0.29, 0.717) is 0 Å². The van der Waals surface area contributed by atoms with Crippen LogP contribution in [0.5, 0.6) is 0 Å². The van der Waals surface area contributed by atoms with Crippen molar-refractivity contribution in [1.29, 1.82) is 0 Å². The van der Waals surface area contributed by atoms with Gasteiger partial charge in [0.15, 0.2) is 0 Å². The molecule has 0 saturated carbocycles. The second-order valence-electron chi connectivity index (χ2n) is 5.02. The van der Waals surface area contributed by atoms with Gasteiger partial charge < -0.3 is 4.90 Å². The second kappa shape index (κ2) is 5.35. The fourth-order valence-electron chi connectivity index (χ4n) is 2.62. The van der Waals surface area contributed by atoms with Crippen LogP contribution in [0.3, 0.4) is 0 Å².